The summed E-state index contributed by atoms with van der Waals surface area (Å²) in [6, 6.07) is 2.79. The van der Waals surface area contributed by atoms with Gasteiger partial charge in [-0.2, -0.15) is 0 Å². The molecular weight excluding hydrogens is 431 g/mol. The first kappa shape index (κ1) is 22.1. The van der Waals surface area contributed by atoms with Crippen LogP contribution in [0.1, 0.15) is 49.8 Å². The number of thiophene rings is 1. The van der Waals surface area contributed by atoms with Crippen molar-refractivity contribution in [2.75, 3.05) is 18.4 Å². The van der Waals surface area contributed by atoms with Gasteiger partial charge in [0, 0.05) is 24.7 Å². The third kappa shape index (κ3) is 4.55. The minimum atomic E-state index is -0.445. The van der Waals surface area contributed by atoms with Crippen molar-refractivity contribution in [2.45, 2.75) is 39.8 Å². The molecule has 3 aromatic rings. The fourth-order valence-electron chi connectivity index (χ4n) is 3.49. The number of halogens is 1. The second-order valence-electron chi connectivity index (χ2n) is 8.96. The van der Waals surface area contributed by atoms with Gasteiger partial charge < -0.3 is 15.5 Å². The number of nitrogens with one attached hydrogen (secondary N) is 2. The number of anilines is 1. The number of pyridine rings is 1. The van der Waals surface area contributed by atoms with Gasteiger partial charge in [0.2, 0.25) is 11.9 Å². The van der Waals surface area contributed by atoms with E-state index in [4.69, 9.17) is 0 Å². The summed E-state index contributed by atoms with van der Waals surface area (Å²) in [6.07, 6.45) is 2.71. The molecule has 1 atom stereocenters. The molecule has 168 valence electrons. The molecule has 1 saturated heterocycles. The lowest BCUT2D eigenvalue weighted by Crippen LogP contribution is -2.62. The minimum Gasteiger partial charge on any atom is -0.348 e. The van der Waals surface area contributed by atoms with Crippen molar-refractivity contribution in [1.29, 1.82) is 0 Å². The van der Waals surface area contributed by atoms with Gasteiger partial charge in [0.25, 0.3) is 5.91 Å². The number of hydrogen-bond acceptors (Lipinski definition) is 7. The SMILES string of the molecule is C[C@H](Nc1nc(C(=O)NC2CN(C(=O)C(C)(C)C)C2)c2sccc2n1)c1cncc(F)c1. The molecule has 0 aliphatic carbocycles. The monoisotopic (exact) mass is 456 g/mol. The predicted octanol–water partition coefficient (Wildman–Crippen LogP) is 3.39. The summed E-state index contributed by atoms with van der Waals surface area (Å²) in [5.41, 5.74) is 1.13. The lowest BCUT2D eigenvalue weighted by Gasteiger charge is -2.42. The molecule has 1 aliphatic rings. The molecule has 4 heterocycles. The predicted molar refractivity (Wildman–Crippen MR) is 121 cm³/mol. The Balaban J connectivity index is 1.49. The van der Waals surface area contributed by atoms with Gasteiger partial charge in [-0.1, -0.05) is 20.8 Å². The Morgan fingerprint density at radius 3 is 2.69 bits per heavy atom. The molecule has 8 nitrogen and oxygen atoms in total. The summed E-state index contributed by atoms with van der Waals surface area (Å²) in [4.78, 5) is 39.9. The summed E-state index contributed by atoms with van der Waals surface area (Å²) in [6.45, 7) is 8.44. The minimum absolute atomic E-state index is 0.0676. The number of nitrogens with zero attached hydrogens (tertiary/aromatic N) is 4. The van der Waals surface area contributed by atoms with Gasteiger partial charge in [-0.15, -0.1) is 11.3 Å². The van der Waals surface area contributed by atoms with Gasteiger partial charge >= 0.3 is 0 Å². The number of carbonyl (C=O) groups excluding carboxylic acids is 2. The number of amides is 2. The summed E-state index contributed by atoms with van der Waals surface area (Å²) in [5, 5.41) is 7.95. The highest BCUT2D eigenvalue weighted by Crippen LogP contribution is 2.26. The molecule has 2 N–H and O–H groups in total. The quantitative estimate of drug-likeness (QED) is 0.611. The first-order chi connectivity index (χ1) is 15.1. The van der Waals surface area contributed by atoms with E-state index < -0.39 is 11.2 Å². The summed E-state index contributed by atoms with van der Waals surface area (Å²) >= 11 is 1.39. The Bertz CT molecular complexity index is 1170. The number of carbonyl (C=O) groups is 2. The van der Waals surface area contributed by atoms with Crippen LogP contribution in [0.25, 0.3) is 10.2 Å². The van der Waals surface area contributed by atoms with Crippen LogP contribution in [0.2, 0.25) is 0 Å². The van der Waals surface area contributed by atoms with Gasteiger partial charge in [-0.05, 0) is 30.0 Å². The van der Waals surface area contributed by atoms with E-state index in [-0.39, 0.29) is 35.5 Å². The molecule has 0 radical (unpaired) electrons. The van der Waals surface area contributed by atoms with Crippen LogP contribution in [0.3, 0.4) is 0 Å². The van der Waals surface area contributed by atoms with Crippen molar-refractivity contribution in [1.82, 2.24) is 25.2 Å². The zero-order valence-corrected chi connectivity index (χ0v) is 19.2. The average Bonchev–Trinajstić information content (AvgIpc) is 3.17. The first-order valence-corrected chi connectivity index (χ1v) is 11.2. The zero-order chi connectivity index (χ0) is 23.0. The maximum atomic E-state index is 13.5. The summed E-state index contributed by atoms with van der Waals surface area (Å²) in [5.74, 6) is -0.394. The van der Waals surface area contributed by atoms with Crippen molar-refractivity contribution >= 4 is 39.3 Å². The average molecular weight is 457 g/mol. The molecule has 1 fully saturated rings. The van der Waals surface area contributed by atoms with E-state index in [1.165, 1.54) is 17.4 Å². The molecule has 0 bridgehead atoms. The third-order valence-electron chi connectivity index (χ3n) is 5.24. The zero-order valence-electron chi connectivity index (χ0n) is 18.3. The number of fused-ring (bicyclic) bond motifs is 1. The number of aromatic nitrogens is 3. The van der Waals surface area contributed by atoms with Crippen molar-refractivity contribution < 1.29 is 14.0 Å². The maximum Gasteiger partial charge on any atom is 0.271 e. The van der Waals surface area contributed by atoms with Crippen LogP contribution in [-0.4, -0.2) is 50.8 Å². The van der Waals surface area contributed by atoms with E-state index in [1.807, 2.05) is 39.1 Å². The van der Waals surface area contributed by atoms with E-state index in [0.717, 1.165) is 6.20 Å². The van der Waals surface area contributed by atoms with Gasteiger partial charge in [-0.25, -0.2) is 14.4 Å². The Morgan fingerprint density at radius 2 is 2.00 bits per heavy atom. The van der Waals surface area contributed by atoms with Crippen LogP contribution >= 0.6 is 11.3 Å². The molecule has 10 heteroatoms. The Labute approximate surface area is 189 Å². The Morgan fingerprint density at radius 1 is 1.25 bits per heavy atom. The fourth-order valence-corrected chi connectivity index (χ4v) is 4.31. The normalized spacial score (nSPS) is 15.3. The Hall–Kier alpha value is -3.14. The van der Waals surface area contributed by atoms with Crippen molar-refractivity contribution in [2.24, 2.45) is 5.41 Å². The number of hydrogen-bond donors (Lipinski definition) is 2. The van der Waals surface area contributed by atoms with Gasteiger partial charge in [-0.3, -0.25) is 14.6 Å². The first-order valence-electron chi connectivity index (χ1n) is 10.3. The van der Waals surface area contributed by atoms with Crippen LogP contribution in [0.4, 0.5) is 10.3 Å². The molecule has 0 unspecified atom stereocenters. The van der Waals surface area contributed by atoms with Gasteiger partial charge in [0.05, 0.1) is 28.5 Å². The maximum absolute atomic E-state index is 13.5. The van der Waals surface area contributed by atoms with E-state index in [1.54, 1.807) is 11.1 Å². The van der Waals surface area contributed by atoms with Crippen LogP contribution in [-0.2, 0) is 4.79 Å². The smallest absolute Gasteiger partial charge is 0.271 e. The molecule has 0 aromatic carbocycles. The topological polar surface area (TPSA) is 100 Å². The second-order valence-corrected chi connectivity index (χ2v) is 9.88. The van der Waals surface area contributed by atoms with Crippen LogP contribution in [0.15, 0.2) is 29.9 Å². The highest BCUT2D eigenvalue weighted by Gasteiger charge is 2.37. The summed E-state index contributed by atoms with van der Waals surface area (Å²) in [7, 11) is 0. The van der Waals surface area contributed by atoms with E-state index in [0.29, 0.717) is 28.9 Å². The largest absolute Gasteiger partial charge is 0.348 e. The van der Waals surface area contributed by atoms with E-state index in [9.17, 15) is 14.0 Å². The molecule has 4 rings (SSSR count). The molecule has 0 spiro atoms. The highest BCUT2D eigenvalue weighted by molar-refractivity contribution is 7.17. The van der Waals surface area contributed by atoms with Crippen molar-refractivity contribution in [3.05, 3.63) is 47.0 Å². The van der Waals surface area contributed by atoms with Crippen LogP contribution < -0.4 is 10.6 Å². The van der Waals surface area contributed by atoms with E-state index in [2.05, 4.69) is 25.6 Å². The third-order valence-corrected chi connectivity index (χ3v) is 6.15. The van der Waals surface area contributed by atoms with Crippen molar-refractivity contribution in [3.63, 3.8) is 0 Å². The Kier molecular flexibility index (Phi) is 5.81. The summed E-state index contributed by atoms with van der Waals surface area (Å²) < 4.78 is 14.2. The molecule has 3 aromatic heterocycles. The molecule has 32 heavy (non-hydrogen) atoms. The van der Waals surface area contributed by atoms with Gasteiger partial charge in [0.15, 0.2) is 5.69 Å². The van der Waals surface area contributed by atoms with Crippen molar-refractivity contribution in [3.8, 4) is 0 Å². The molecule has 0 saturated carbocycles. The molecule has 1 aliphatic heterocycles. The lowest BCUT2D eigenvalue weighted by atomic mass is 9.92. The van der Waals surface area contributed by atoms with Gasteiger partial charge in [0.1, 0.15) is 5.82 Å². The van der Waals surface area contributed by atoms with Crippen LogP contribution in [0.5, 0.6) is 0 Å². The highest BCUT2D eigenvalue weighted by atomic mass is 32.1. The van der Waals surface area contributed by atoms with E-state index >= 15 is 0 Å². The number of rotatable bonds is 5. The number of likely N-dealkylation sites (tertiary alicyclic amines) is 1. The second kappa shape index (κ2) is 8.42. The molecular formula is C22H25FN6O2S. The lowest BCUT2D eigenvalue weighted by molar-refractivity contribution is -0.144. The van der Waals surface area contributed by atoms with Crippen LogP contribution in [0, 0.1) is 11.2 Å². The fraction of sp³-hybridized carbons (Fsp3) is 0.409. The molecule has 2 amide bonds. The standard InChI is InChI=1S/C22H25FN6O2S/c1-12(13-7-14(23)9-24-8-13)25-21-27-16-5-6-32-18(16)17(28-21)19(30)26-15-10-29(11-15)20(31)22(2,3)4/h5-9,12,15H,10-11H2,1-4H3,(H,26,30)(H,25,27,28)/t12-/m0/s1.